The van der Waals surface area contributed by atoms with Crippen molar-refractivity contribution in [1.82, 2.24) is 10.2 Å². The minimum Gasteiger partial charge on any atom is -0.355 e. The molecule has 1 fully saturated rings. The van der Waals surface area contributed by atoms with Gasteiger partial charge in [0.25, 0.3) is 0 Å². The molecular formula is C18H23F3N2O2. The van der Waals surface area contributed by atoms with E-state index in [9.17, 15) is 22.8 Å². The summed E-state index contributed by atoms with van der Waals surface area (Å²) >= 11 is 0. The van der Waals surface area contributed by atoms with Crippen LogP contribution in [0.4, 0.5) is 13.2 Å². The summed E-state index contributed by atoms with van der Waals surface area (Å²) in [6, 6.07) is 4.16. The van der Waals surface area contributed by atoms with Crippen molar-refractivity contribution in [1.29, 1.82) is 0 Å². The SMILES string of the molecule is Cc1cc(C)c(CCNC(=O)C2CC(=O)N(CC(F)(F)F)C2)c(C)c1. The van der Waals surface area contributed by atoms with Gasteiger partial charge in [-0.3, -0.25) is 9.59 Å². The van der Waals surface area contributed by atoms with E-state index in [4.69, 9.17) is 0 Å². The highest BCUT2D eigenvalue weighted by Crippen LogP contribution is 2.24. The van der Waals surface area contributed by atoms with Gasteiger partial charge in [-0.2, -0.15) is 13.2 Å². The number of halogens is 3. The van der Waals surface area contributed by atoms with Crippen LogP contribution in [0.2, 0.25) is 0 Å². The monoisotopic (exact) mass is 356 g/mol. The van der Waals surface area contributed by atoms with E-state index in [1.54, 1.807) is 0 Å². The number of hydrogen-bond donors (Lipinski definition) is 1. The molecular weight excluding hydrogens is 333 g/mol. The van der Waals surface area contributed by atoms with Crippen molar-refractivity contribution < 1.29 is 22.8 Å². The molecule has 2 rings (SSSR count). The molecule has 1 atom stereocenters. The van der Waals surface area contributed by atoms with Crippen molar-refractivity contribution in [2.75, 3.05) is 19.6 Å². The average molecular weight is 356 g/mol. The van der Waals surface area contributed by atoms with Crippen LogP contribution >= 0.6 is 0 Å². The van der Waals surface area contributed by atoms with E-state index in [2.05, 4.69) is 17.4 Å². The quantitative estimate of drug-likeness (QED) is 0.882. The van der Waals surface area contributed by atoms with Crippen LogP contribution in [-0.4, -0.2) is 42.5 Å². The number of rotatable bonds is 5. The van der Waals surface area contributed by atoms with Gasteiger partial charge in [0.05, 0.1) is 5.92 Å². The Hall–Kier alpha value is -2.05. The molecule has 0 aromatic heterocycles. The van der Waals surface area contributed by atoms with Gasteiger partial charge >= 0.3 is 6.18 Å². The lowest BCUT2D eigenvalue weighted by Gasteiger charge is -2.18. The topological polar surface area (TPSA) is 49.4 Å². The Morgan fingerprint density at radius 1 is 1.24 bits per heavy atom. The van der Waals surface area contributed by atoms with Crippen molar-refractivity contribution in [3.63, 3.8) is 0 Å². The van der Waals surface area contributed by atoms with Crippen LogP contribution in [0.3, 0.4) is 0 Å². The molecule has 138 valence electrons. The van der Waals surface area contributed by atoms with Gasteiger partial charge in [0.1, 0.15) is 6.54 Å². The van der Waals surface area contributed by atoms with Crippen LogP contribution in [0.25, 0.3) is 0 Å². The van der Waals surface area contributed by atoms with Gasteiger partial charge in [0.2, 0.25) is 11.8 Å². The molecule has 0 aliphatic carbocycles. The van der Waals surface area contributed by atoms with Crippen molar-refractivity contribution in [2.45, 2.75) is 39.8 Å². The molecule has 1 N–H and O–H groups in total. The van der Waals surface area contributed by atoms with Gasteiger partial charge < -0.3 is 10.2 Å². The fourth-order valence-electron chi connectivity index (χ4n) is 3.38. The number of amides is 2. The maximum Gasteiger partial charge on any atom is 0.406 e. The van der Waals surface area contributed by atoms with E-state index in [0.717, 1.165) is 16.7 Å². The van der Waals surface area contributed by atoms with Gasteiger partial charge in [-0.25, -0.2) is 0 Å². The van der Waals surface area contributed by atoms with E-state index >= 15 is 0 Å². The van der Waals surface area contributed by atoms with Crippen LogP contribution in [0.15, 0.2) is 12.1 Å². The third-order valence-corrected chi connectivity index (χ3v) is 4.47. The zero-order chi connectivity index (χ0) is 18.8. The normalized spacial score (nSPS) is 17.9. The number of likely N-dealkylation sites (tertiary alicyclic amines) is 1. The number of nitrogens with one attached hydrogen (secondary N) is 1. The highest BCUT2D eigenvalue weighted by atomic mass is 19.4. The highest BCUT2D eigenvalue weighted by molar-refractivity contribution is 5.89. The number of carbonyl (C=O) groups excluding carboxylic acids is 2. The molecule has 4 nitrogen and oxygen atoms in total. The molecule has 1 aromatic rings. The first-order chi connectivity index (χ1) is 11.6. The zero-order valence-corrected chi connectivity index (χ0v) is 14.7. The molecule has 7 heteroatoms. The van der Waals surface area contributed by atoms with Crippen LogP contribution < -0.4 is 5.32 Å². The Kier molecular flexibility index (Phi) is 5.75. The molecule has 1 heterocycles. The lowest BCUT2D eigenvalue weighted by molar-refractivity contribution is -0.157. The Bertz CT molecular complexity index is 648. The van der Waals surface area contributed by atoms with Crippen LogP contribution in [0, 0.1) is 26.7 Å². The Labute approximate surface area is 145 Å². The predicted octanol–water partition coefficient (Wildman–Crippen LogP) is 2.68. The zero-order valence-electron chi connectivity index (χ0n) is 14.7. The molecule has 25 heavy (non-hydrogen) atoms. The number of benzene rings is 1. The molecule has 0 radical (unpaired) electrons. The molecule has 1 aromatic carbocycles. The molecule has 2 amide bonds. The van der Waals surface area contributed by atoms with Gasteiger partial charge in [0.15, 0.2) is 0 Å². The number of aryl methyl sites for hydroxylation is 3. The van der Waals surface area contributed by atoms with Crippen molar-refractivity contribution in [3.8, 4) is 0 Å². The van der Waals surface area contributed by atoms with Gasteiger partial charge in [-0.1, -0.05) is 17.7 Å². The molecule has 0 bridgehead atoms. The van der Waals surface area contributed by atoms with Gasteiger partial charge in [0, 0.05) is 19.5 Å². The fraction of sp³-hybridized carbons (Fsp3) is 0.556. The molecule has 1 saturated heterocycles. The number of carbonyl (C=O) groups is 2. The second-order valence-corrected chi connectivity index (χ2v) is 6.71. The lowest BCUT2D eigenvalue weighted by Crippen LogP contribution is -2.37. The van der Waals surface area contributed by atoms with E-state index < -0.39 is 24.5 Å². The third-order valence-electron chi connectivity index (χ3n) is 4.47. The summed E-state index contributed by atoms with van der Waals surface area (Å²) in [5.74, 6) is -1.70. The Balaban J connectivity index is 1.86. The molecule has 1 aliphatic rings. The van der Waals surface area contributed by atoms with Crippen LogP contribution in [0.5, 0.6) is 0 Å². The maximum absolute atomic E-state index is 12.4. The Morgan fingerprint density at radius 2 is 1.84 bits per heavy atom. The minimum absolute atomic E-state index is 0.162. The van der Waals surface area contributed by atoms with Crippen molar-refractivity contribution >= 4 is 11.8 Å². The summed E-state index contributed by atoms with van der Waals surface area (Å²) in [6.07, 6.45) is -3.96. The largest absolute Gasteiger partial charge is 0.406 e. The van der Waals surface area contributed by atoms with E-state index in [1.807, 2.05) is 20.8 Å². The number of hydrogen-bond acceptors (Lipinski definition) is 2. The molecule has 0 saturated carbocycles. The highest BCUT2D eigenvalue weighted by Gasteiger charge is 2.40. The third kappa shape index (κ3) is 5.21. The summed E-state index contributed by atoms with van der Waals surface area (Å²) in [5.41, 5.74) is 4.64. The van der Waals surface area contributed by atoms with E-state index in [-0.39, 0.29) is 18.9 Å². The minimum atomic E-state index is -4.44. The maximum atomic E-state index is 12.4. The summed E-state index contributed by atoms with van der Waals surface area (Å²) in [4.78, 5) is 24.5. The fourth-order valence-corrected chi connectivity index (χ4v) is 3.38. The van der Waals surface area contributed by atoms with E-state index in [1.165, 1.54) is 5.56 Å². The molecule has 1 aliphatic heterocycles. The second kappa shape index (κ2) is 7.45. The number of alkyl halides is 3. The summed E-state index contributed by atoms with van der Waals surface area (Å²) in [5, 5.41) is 2.75. The number of nitrogens with zero attached hydrogens (tertiary/aromatic N) is 1. The molecule has 0 spiro atoms. The first-order valence-corrected chi connectivity index (χ1v) is 8.26. The average Bonchev–Trinajstić information content (AvgIpc) is 2.80. The Morgan fingerprint density at radius 3 is 2.40 bits per heavy atom. The lowest BCUT2D eigenvalue weighted by atomic mass is 9.97. The molecule has 1 unspecified atom stereocenters. The van der Waals surface area contributed by atoms with Crippen LogP contribution in [0.1, 0.15) is 28.7 Å². The van der Waals surface area contributed by atoms with Crippen molar-refractivity contribution in [2.24, 2.45) is 5.92 Å². The van der Waals surface area contributed by atoms with E-state index in [0.29, 0.717) is 17.9 Å². The summed E-state index contributed by atoms with van der Waals surface area (Å²) in [7, 11) is 0. The summed E-state index contributed by atoms with van der Waals surface area (Å²) < 4.78 is 37.2. The second-order valence-electron chi connectivity index (χ2n) is 6.71. The van der Waals surface area contributed by atoms with Gasteiger partial charge in [-0.05, 0) is 43.9 Å². The van der Waals surface area contributed by atoms with Crippen LogP contribution in [-0.2, 0) is 16.0 Å². The van der Waals surface area contributed by atoms with Crippen molar-refractivity contribution in [3.05, 3.63) is 34.4 Å². The first-order valence-electron chi connectivity index (χ1n) is 8.26. The standard InChI is InChI=1S/C18H23F3N2O2/c1-11-6-12(2)15(13(3)7-11)4-5-22-17(25)14-8-16(24)23(9-14)10-18(19,20)21/h6-7,14H,4-5,8-10H2,1-3H3,(H,22,25). The first kappa shape index (κ1) is 19.3. The summed E-state index contributed by atoms with van der Waals surface area (Å²) in [6.45, 7) is 4.98. The van der Waals surface area contributed by atoms with Gasteiger partial charge in [-0.15, -0.1) is 0 Å². The smallest absolute Gasteiger partial charge is 0.355 e. The predicted molar refractivity (Wildman–Crippen MR) is 88.1 cm³/mol.